The Hall–Kier alpha value is -1.77. The smallest absolute Gasteiger partial charge is 0.345 e. The average Bonchev–Trinajstić information content (AvgIpc) is 2.81. The van der Waals surface area contributed by atoms with Crippen LogP contribution in [-0.4, -0.2) is 24.5 Å². The van der Waals surface area contributed by atoms with Gasteiger partial charge in [0.25, 0.3) is 0 Å². The fraction of sp³-hybridized carbons (Fsp3) is 0.167. The van der Waals surface area contributed by atoms with Gasteiger partial charge in [-0.25, -0.2) is 17.9 Å². The first kappa shape index (κ1) is 14.6. The number of aryl methyl sites for hydroxylation is 1. The van der Waals surface area contributed by atoms with E-state index in [1.54, 1.807) is 31.5 Å². The minimum Gasteiger partial charge on any atom is -0.477 e. The summed E-state index contributed by atoms with van der Waals surface area (Å²) in [6, 6.07) is 4.58. The van der Waals surface area contributed by atoms with Gasteiger partial charge < -0.3 is 5.11 Å². The number of aromatic carboxylic acids is 1. The molecule has 0 aromatic carbocycles. The quantitative estimate of drug-likeness (QED) is 0.874. The van der Waals surface area contributed by atoms with Crippen molar-refractivity contribution >= 4 is 27.3 Å². The predicted octanol–water partition coefficient (Wildman–Crippen LogP) is 1.63. The largest absolute Gasteiger partial charge is 0.477 e. The predicted molar refractivity (Wildman–Crippen MR) is 74.3 cm³/mol. The third-order valence-electron chi connectivity index (χ3n) is 2.59. The van der Waals surface area contributed by atoms with E-state index in [0.29, 0.717) is 4.88 Å². The molecule has 2 heterocycles. The zero-order valence-corrected chi connectivity index (χ0v) is 12.2. The molecule has 0 saturated heterocycles. The van der Waals surface area contributed by atoms with Crippen molar-refractivity contribution < 1.29 is 18.3 Å². The third-order valence-corrected chi connectivity index (χ3v) is 5.28. The first-order valence-corrected chi connectivity index (χ1v) is 7.92. The Bertz CT molecular complexity index is 723. The number of carboxylic acids is 1. The minimum atomic E-state index is -3.73. The molecule has 0 fully saturated rings. The van der Waals surface area contributed by atoms with Gasteiger partial charge in [-0.1, -0.05) is 0 Å². The fourth-order valence-corrected chi connectivity index (χ4v) is 4.04. The Morgan fingerprint density at radius 2 is 2.05 bits per heavy atom. The maximum atomic E-state index is 12.1. The Morgan fingerprint density at radius 1 is 1.40 bits per heavy atom. The van der Waals surface area contributed by atoms with Crippen molar-refractivity contribution in [2.75, 3.05) is 0 Å². The van der Waals surface area contributed by atoms with E-state index in [2.05, 4.69) is 9.71 Å². The number of nitrogens with zero attached hydrogens (tertiary/aromatic N) is 1. The van der Waals surface area contributed by atoms with Crippen molar-refractivity contribution in [2.45, 2.75) is 18.4 Å². The first-order chi connectivity index (χ1) is 9.40. The molecule has 0 unspecified atom stereocenters. The summed E-state index contributed by atoms with van der Waals surface area (Å²) in [6.45, 7) is 1.71. The van der Waals surface area contributed by atoms with Gasteiger partial charge in [-0.3, -0.25) is 4.98 Å². The topological polar surface area (TPSA) is 96.4 Å². The van der Waals surface area contributed by atoms with Crippen LogP contribution in [0.3, 0.4) is 0 Å². The van der Waals surface area contributed by atoms with Crippen molar-refractivity contribution in [1.82, 2.24) is 9.71 Å². The maximum absolute atomic E-state index is 12.1. The molecule has 0 amide bonds. The Balaban J connectivity index is 2.20. The van der Waals surface area contributed by atoms with Crippen LogP contribution in [0.5, 0.6) is 0 Å². The van der Waals surface area contributed by atoms with Crippen LogP contribution in [0.15, 0.2) is 35.5 Å². The zero-order valence-electron chi connectivity index (χ0n) is 10.5. The van der Waals surface area contributed by atoms with E-state index in [0.717, 1.165) is 16.9 Å². The molecular formula is C12H12N2O4S2. The molecule has 0 aliphatic heterocycles. The zero-order chi connectivity index (χ0) is 14.8. The standard InChI is InChI=1S/C12H12N2O4S2/c1-8-11(6-10(19-8)12(15)16)20(17,18)14-7-9-2-4-13-5-3-9/h2-6,14H,7H2,1H3,(H,15,16). The van der Waals surface area contributed by atoms with Gasteiger partial charge in [0, 0.05) is 23.8 Å². The van der Waals surface area contributed by atoms with E-state index in [4.69, 9.17) is 5.11 Å². The lowest BCUT2D eigenvalue weighted by Gasteiger charge is -2.05. The van der Waals surface area contributed by atoms with E-state index in [1.807, 2.05) is 0 Å². The molecule has 2 aromatic heterocycles. The second-order valence-electron chi connectivity index (χ2n) is 4.02. The van der Waals surface area contributed by atoms with E-state index >= 15 is 0 Å². The number of rotatable bonds is 5. The van der Waals surface area contributed by atoms with Crippen LogP contribution in [0.4, 0.5) is 0 Å². The molecule has 0 atom stereocenters. The maximum Gasteiger partial charge on any atom is 0.345 e. The van der Waals surface area contributed by atoms with Crippen LogP contribution in [-0.2, 0) is 16.6 Å². The molecule has 0 radical (unpaired) electrons. The number of aromatic nitrogens is 1. The van der Waals surface area contributed by atoms with E-state index in [1.165, 1.54) is 6.07 Å². The van der Waals surface area contributed by atoms with Gasteiger partial charge in [0.05, 0.1) is 4.90 Å². The van der Waals surface area contributed by atoms with Crippen LogP contribution < -0.4 is 4.72 Å². The number of pyridine rings is 1. The van der Waals surface area contributed by atoms with Gasteiger partial charge in [0.15, 0.2) is 0 Å². The molecule has 0 aliphatic carbocycles. The van der Waals surface area contributed by atoms with Crippen molar-refractivity contribution in [3.63, 3.8) is 0 Å². The molecule has 0 spiro atoms. The van der Waals surface area contributed by atoms with E-state index in [9.17, 15) is 13.2 Å². The molecule has 2 rings (SSSR count). The summed E-state index contributed by atoms with van der Waals surface area (Å²) in [4.78, 5) is 15.2. The highest BCUT2D eigenvalue weighted by Gasteiger charge is 2.21. The second kappa shape index (κ2) is 5.70. The lowest BCUT2D eigenvalue weighted by atomic mass is 10.3. The van der Waals surface area contributed by atoms with Gasteiger partial charge in [0.2, 0.25) is 10.0 Å². The van der Waals surface area contributed by atoms with Crippen LogP contribution in [0.2, 0.25) is 0 Å². The number of thiophene rings is 1. The molecule has 106 valence electrons. The lowest BCUT2D eigenvalue weighted by Crippen LogP contribution is -2.23. The van der Waals surface area contributed by atoms with Gasteiger partial charge in [-0.05, 0) is 30.7 Å². The monoisotopic (exact) mass is 312 g/mol. The second-order valence-corrected chi connectivity index (χ2v) is 7.01. The number of hydrogen-bond acceptors (Lipinski definition) is 5. The Kier molecular flexibility index (Phi) is 4.17. The fourth-order valence-electron chi connectivity index (χ4n) is 1.59. The molecule has 20 heavy (non-hydrogen) atoms. The summed E-state index contributed by atoms with van der Waals surface area (Å²) in [5.41, 5.74) is 0.773. The molecule has 6 nitrogen and oxygen atoms in total. The normalized spacial score (nSPS) is 11.4. The number of nitrogens with one attached hydrogen (secondary N) is 1. The van der Waals surface area contributed by atoms with Crippen molar-refractivity contribution in [3.05, 3.63) is 45.9 Å². The number of hydrogen-bond donors (Lipinski definition) is 2. The summed E-state index contributed by atoms with van der Waals surface area (Å²) >= 11 is 0.942. The van der Waals surface area contributed by atoms with Crippen molar-refractivity contribution in [1.29, 1.82) is 0 Å². The summed E-state index contributed by atoms with van der Waals surface area (Å²) in [6.07, 6.45) is 3.14. The summed E-state index contributed by atoms with van der Waals surface area (Å²) < 4.78 is 26.7. The Labute approximate surface area is 120 Å². The molecule has 8 heteroatoms. The highest BCUT2D eigenvalue weighted by Crippen LogP contribution is 2.25. The van der Waals surface area contributed by atoms with Crippen molar-refractivity contribution in [3.8, 4) is 0 Å². The van der Waals surface area contributed by atoms with Crippen LogP contribution >= 0.6 is 11.3 Å². The summed E-state index contributed by atoms with van der Waals surface area (Å²) in [5, 5.41) is 8.88. The Morgan fingerprint density at radius 3 is 2.60 bits per heavy atom. The third kappa shape index (κ3) is 3.21. The summed E-state index contributed by atoms with van der Waals surface area (Å²) in [5.74, 6) is -1.13. The van der Waals surface area contributed by atoms with Crippen LogP contribution in [0.25, 0.3) is 0 Å². The van der Waals surface area contributed by atoms with Crippen molar-refractivity contribution in [2.24, 2.45) is 0 Å². The van der Waals surface area contributed by atoms with Crippen LogP contribution in [0, 0.1) is 6.92 Å². The van der Waals surface area contributed by atoms with Crippen LogP contribution in [0.1, 0.15) is 20.1 Å². The van der Waals surface area contributed by atoms with Gasteiger partial charge in [-0.15, -0.1) is 11.3 Å². The highest BCUT2D eigenvalue weighted by molar-refractivity contribution is 7.89. The number of carboxylic acid groups (broad SMARTS) is 1. The molecule has 2 aromatic rings. The molecule has 2 N–H and O–H groups in total. The summed E-state index contributed by atoms with van der Waals surface area (Å²) in [7, 11) is -3.73. The first-order valence-electron chi connectivity index (χ1n) is 5.62. The molecule has 0 bridgehead atoms. The number of sulfonamides is 1. The lowest BCUT2D eigenvalue weighted by molar-refractivity contribution is 0.0702. The minimum absolute atomic E-state index is 0.00628. The molecular weight excluding hydrogens is 300 g/mol. The SMILES string of the molecule is Cc1sc(C(=O)O)cc1S(=O)(=O)NCc1ccncc1. The van der Waals surface area contributed by atoms with Gasteiger partial charge >= 0.3 is 5.97 Å². The van der Waals surface area contributed by atoms with Gasteiger partial charge in [-0.2, -0.15) is 0 Å². The average molecular weight is 312 g/mol. The van der Waals surface area contributed by atoms with E-state index in [-0.39, 0.29) is 16.3 Å². The number of carbonyl (C=O) groups is 1. The van der Waals surface area contributed by atoms with E-state index < -0.39 is 16.0 Å². The van der Waals surface area contributed by atoms with Gasteiger partial charge in [0.1, 0.15) is 4.88 Å². The molecule has 0 aliphatic rings. The highest BCUT2D eigenvalue weighted by atomic mass is 32.2. The molecule has 0 saturated carbocycles.